The number of likely N-dealkylation sites (N-methyl/N-ethyl adjacent to an activating group) is 1. The van der Waals surface area contributed by atoms with Crippen molar-refractivity contribution in [2.45, 2.75) is 13.0 Å². The summed E-state index contributed by atoms with van der Waals surface area (Å²) in [5.41, 5.74) is 5.12. The molecule has 0 aliphatic heterocycles. The predicted octanol–water partition coefficient (Wildman–Crippen LogP) is 1.38. The Hall–Kier alpha value is -1.49. The second-order valence-electron chi connectivity index (χ2n) is 3.60. The van der Waals surface area contributed by atoms with Crippen LogP contribution in [0, 0.1) is 11.6 Å². The Morgan fingerprint density at radius 1 is 1.50 bits per heavy atom. The van der Waals surface area contributed by atoms with Gasteiger partial charge in [0.2, 0.25) is 0 Å². The molecule has 0 bridgehead atoms. The van der Waals surface area contributed by atoms with Gasteiger partial charge in [-0.1, -0.05) is 6.07 Å². The lowest BCUT2D eigenvalue weighted by Gasteiger charge is -2.23. The molecule has 3 nitrogen and oxygen atoms in total. The van der Waals surface area contributed by atoms with E-state index in [1.165, 1.54) is 24.1 Å². The first-order valence-corrected chi connectivity index (χ1v) is 4.90. The van der Waals surface area contributed by atoms with Gasteiger partial charge in [0.25, 0.3) is 5.91 Å². The fourth-order valence-electron chi connectivity index (χ4n) is 1.22. The molecule has 5 heteroatoms. The molecule has 0 spiro atoms. The van der Waals surface area contributed by atoms with Crippen molar-refractivity contribution in [2.24, 2.45) is 5.73 Å². The number of amides is 1. The highest BCUT2D eigenvalue weighted by molar-refractivity contribution is 5.94. The number of carbonyl (C=O) groups excluding carboxylic acids is 1. The molecule has 1 aromatic rings. The summed E-state index contributed by atoms with van der Waals surface area (Å²) in [5, 5.41) is 0. The topological polar surface area (TPSA) is 46.3 Å². The highest BCUT2D eigenvalue weighted by Crippen LogP contribution is 2.14. The minimum absolute atomic E-state index is 0.227. The molecule has 0 radical (unpaired) electrons. The number of nitrogens with two attached hydrogens (primary N) is 1. The molecule has 2 N–H and O–H groups in total. The number of nitrogens with zero attached hydrogens (tertiary/aromatic N) is 1. The van der Waals surface area contributed by atoms with Gasteiger partial charge in [-0.25, -0.2) is 8.78 Å². The summed E-state index contributed by atoms with van der Waals surface area (Å²) >= 11 is 0. The molecule has 88 valence electrons. The van der Waals surface area contributed by atoms with Crippen LogP contribution in [0.25, 0.3) is 0 Å². The molecular weight excluding hydrogens is 214 g/mol. The van der Waals surface area contributed by atoms with Crippen LogP contribution >= 0.6 is 0 Å². The van der Waals surface area contributed by atoms with E-state index >= 15 is 0 Å². The van der Waals surface area contributed by atoms with E-state index in [1.54, 1.807) is 6.92 Å². The number of hydrogen-bond donors (Lipinski definition) is 1. The lowest BCUT2D eigenvalue weighted by molar-refractivity contribution is 0.0742. The maximum absolute atomic E-state index is 13.3. The molecule has 0 aromatic heterocycles. The second kappa shape index (κ2) is 5.03. The van der Waals surface area contributed by atoms with E-state index in [2.05, 4.69) is 0 Å². The summed E-state index contributed by atoms with van der Waals surface area (Å²) in [7, 11) is 1.50. The summed E-state index contributed by atoms with van der Waals surface area (Å²) < 4.78 is 26.2. The van der Waals surface area contributed by atoms with Crippen LogP contribution in [0.15, 0.2) is 18.2 Å². The Kier molecular flexibility index (Phi) is 3.95. The number of benzene rings is 1. The average molecular weight is 228 g/mol. The van der Waals surface area contributed by atoms with Gasteiger partial charge in [-0.3, -0.25) is 4.79 Å². The summed E-state index contributed by atoms with van der Waals surface area (Å²) in [6.07, 6.45) is 0. The lowest BCUT2D eigenvalue weighted by Crippen LogP contribution is -2.40. The maximum Gasteiger partial charge on any atom is 0.256 e. The van der Waals surface area contributed by atoms with Gasteiger partial charge < -0.3 is 10.6 Å². The summed E-state index contributed by atoms with van der Waals surface area (Å²) in [4.78, 5) is 13.1. The number of rotatable bonds is 3. The highest BCUT2D eigenvalue weighted by atomic mass is 19.2. The third-order valence-electron chi connectivity index (χ3n) is 2.50. The van der Waals surface area contributed by atoms with Gasteiger partial charge in [0.1, 0.15) is 0 Å². The zero-order valence-corrected chi connectivity index (χ0v) is 9.21. The quantitative estimate of drug-likeness (QED) is 0.849. The standard InChI is InChI=1S/C11H14F2N2O/c1-7(6-14)15(2)11(16)8-4-3-5-9(12)10(8)13/h3-5,7H,6,14H2,1-2H3. The SMILES string of the molecule is CC(CN)N(C)C(=O)c1cccc(F)c1F. The molecule has 1 amide bonds. The molecule has 0 saturated heterocycles. The molecule has 1 atom stereocenters. The van der Waals surface area contributed by atoms with E-state index in [-0.39, 0.29) is 18.2 Å². The van der Waals surface area contributed by atoms with Gasteiger partial charge in [-0.15, -0.1) is 0 Å². The van der Waals surface area contributed by atoms with E-state index in [1.807, 2.05) is 0 Å². The normalized spacial score (nSPS) is 12.3. The number of carbonyl (C=O) groups is 1. The van der Waals surface area contributed by atoms with Gasteiger partial charge >= 0.3 is 0 Å². The van der Waals surface area contributed by atoms with Crippen LogP contribution in [0.5, 0.6) is 0 Å². The van der Waals surface area contributed by atoms with Crippen LogP contribution < -0.4 is 5.73 Å². The van der Waals surface area contributed by atoms with E-state index in [4.69, 9.17) is 5.73 Å². The first-order valence-electron chi connectivity index (χ1n) is 4.90. The number of hydrogen-bond acceptors (Lipinski definition) is 2. The van der Waals surface area contributed by atoms with E-state index in [0.29, 0.717) is 0 Å². The van der Waals surface area contributed by atoms with Crippen LogP contribution in [0.2, 0.25) is 0 Å². The van der Waals surface area contributed by atoms with Crippen molar-refractivity contribution in [3.05, 3.63) is 35.4 Å². The predicted molar refractivity (Wildman–Crippen MR) is 57.0 cm³/mol. The van der Waals surface area contributed by atoms with Crippen LogP contribution in [-0.4, -0.2) is 30.4 Å². The van der Waals surface area contributed by atoms with Crippen molar-refractivity contribution in [2.75, 3.05) is 13.6 Å². The van der Waals surface area contributed by atoms with Crippen LogP contribution in [0.1, 0.15) is 17.3 Å². The molecule has 1 aromatic carbocycles. The Balaban J connectivity index is 3.01. The Morgan fingerprint density at radius 2 is 2.12 bits per heavy atom. The summed E-state index contributed by atoms with van der Waals surface area (Å²) in [6, 6.07) is 3.29. The van der Waals surface area contributed by atoms with Crippen molar-refractivity contribution >= 4 is 5.91 Å². The summed E-state index contributed by atoms with van der Waals surface area (Å²) in [6.45, 7) is 1.99. The third-order valence-corrected chi connectivity index (χ3v) is 2.50. The van der Waals surface area contributed by atoms with Gasteiger partial charge in [-0.2, -0.15) is 0 Å². The zero-order valence-electron chi connectivity index (χ0n) is 9.21. The first kappa shape index (κ1) is 12.6. The maximum atomic E-state index is 13.3. The van der Waals surface area contributed by atoms with E-state index in [9.17, 15) is 13.6 Å². The van der Waals surface area contributed by atoms with Gasteiger partial charge in [0.05, 0.1) is 5.56 Å². The van der Waals surface area contributed by atoms with Gasteiger partial charge in [0, 0.05) is 19.6 Å². The van der Waals surface area contributed by atoms with Gasteiger partial charge in [-0.05, 0) is 19.1 Å². The molecule has 0 aliphatic carbocycles. The van der Waals surface area contributed by atoms with Crippen LogP contribution in [0.3, 0.4) is 0 Å². The van der Waals surface area contributed by atoms with Crippen LogP contribution in [0.4, 0.5) is 8.78 Å². The fourth-order valence-corrected chi connectivity index (χ4v) is 1.22. The minimum Gasteiger partial charge on any atom is -0.338 e. The molecule has 0 aliphatic rings. The van der Waals surface area contributed by atoms with Crippen LogP contribution in [-0.2, 0) is 0 Å². The van der Waals surface area contributed by atoms with Crippen molar-refractivity contribution < 1.29 is 13.6 Å². The first-order chi connectivity index (χ1) is 7.49. The highest BCUT2D eigenvalue weighted by Gasteiger charge is 2.21. The summed E-state index contributed by atoms with van der Waals surface area (Å²) in [5.74, 6) is -2.72. The van der Waals surface area contributed by atoms with Crippen molar-refractivity contribution in [3.63, 3.8) is 0 Å². The zero-order chi connectivity index (χ0) is 12.3. The second-order valence-corrected chi connectivity index (χ2v) is 3.60. The van der Waals surface area contributed by atoms with E-state index < -0.39 is 17.5 Å². The Bertz CT molecular complexity index is 396. The Labute approximate surface area is 92.8 Å². The smallest absolute Gasteiger partial charge is 0.256 e. The monoisotopic (exact) mass is 228 g/mol. The minimum atomic E-state index is -1.12. The van der Waals surface area contributed by atoms with Gasteiger partial charge in [0.15, 0.2) is 11.6 Å². The molecular formula is C11H14F2N2O. The fraction of sp³-hybridized carbons (Fsp3) is 0.364. The molecule has 1 rings (SSSR count). The molecule has 1 unspecified atom stereocenters. The van der Waals surface area contributed by atoms with Crippen molar-refractivity contribution in [1.29, 1.82) is 0 Å². The van der Waals surface area contributed by atoms with Crippen molar-refractivity contribution in [1.82, 2.24) is 4.90 Å². The Morgan fingerprint density at radius 3 is 2.69 bits per heavy atom. The largest absolute Gasteiger partial charge is 0.338 e. The molecule has 0 saturated carbocycles. The van der Waals surface area contributed by atoms with E-state index in [0.717, 1.165) is 6.07 Å². The third kappa shape index (κ3) is 2.36. The molecule has 0 heterocycles. The van der Waals surface area contributed by atoms with Crippen molar-refractivity contribution in [3.8, 4) is 0 Å². The lowest BCUT2D eigenvalue weighted by atomic mass is 10.1. The molecule has 16 heavy (non-hydrogen) atoms. The average Bonchev–Trinajstić information content (AvgIpc) is 2.29. The number of halogens is 2. The molecule has 0 fully saturated rings.